The van der Waals surface area contributed by atoms with Crippen LogP contribution in [0.5, 0.6) is 0 Å². The van der Waals surface area contributed by atoms with Gasteiger partial charge in [0.05, 0.1) is 0 Å². The normalized spacial score (nSPS) is 29.4. The van der Waals surface area contributed by atoms with Gasteiger partial charge in [-0.2, -0.15) is 0 Å². The highest BCUT2D eigenvalue weighted by Crippen LogP contribution is 2.44. The average Bonchev–Trinajstić information content (AvgIpc) is 2.91. The van der Waals surface area contributed by atoms with Crippen molar-refractivity contribution in [1.29, 1.82) is 0 Å². The van der Waals surface area contributed by atoms with Gasteiger partial charge in [0.25, 0.3) is 5.91 Å². The molecule has 124 valence electrons. The standard InChI is InChI=1S/C14H17F2N5O2/c15-13(16)3-1-8(2-4-13)14(12(18)23)5-6-19-11-9(10(17)22)7-20-21(11)14/h5-8,20H,1-4H2,(H2,17,22)(H2,18,23). The summed E-state index contributed by atoms with van der Waals surface area (Å²) in [6.07, 6.45) is 3.86. The van der Waals surface area contributed by atoms with Crippen LogP contribution in [0, 0.1) is 5.92 Å². The Labute approximate surface area is 131 Å². The zero-order valence-electron chi connectivity index (χ0n) is 12.3. The summed E-state index contributed by atoms with van der Waals surface area (Å²) in [5, 5.41) is 1.36. The molecule has 5 N–H and O–H groups in total. The Morgan fingerprint density at radius 3 is 2.52 bits per heavy atom. The van der Waals surface area contributed by atoms with E-state index < -0.39 is 29.2 Å². The van der Waals surface area contributed by atoms with Gasteiger partial charge < -0.3 is 16.9 Å². The molecule has 0 aromatic carbocycles. The average molecular weight is 325 g/mol. The second-order valence-corrected chi connectivity index (χ2v) is 5.98. The minimum absolute atomic E-state index is 0.112. The number of hydrogen-bond acceptors (Lipinski definition) is 5. The molecule has 1 aliphatic carbocycles. The Kier molecular flexibility index (Phi) is 3.38. The van der Waals surface area contributed by atoms with E-state index in [4.69, 9.17) is 11.5 Å². The monoisotopic (exact) mass is 325 g/mol. The number of alkyl halides is 2. The van der Waals surface area contributed by atoms with E-state index >= 15 is 0 Å². The molecule has 7 nitrogen and oxygen atoms in total. The van der Waals surface area contributed by atoms with Crippen LogP contribution in [0.25, 0.3) is 0 Å². The second-order valence-electron chi connectivity index (χ2n) is 5.98. The topological polar surface area (TPSA) is 114 Å². The molecular weight excluding hydrogens is 308 g/mol. The predicted octanol–water partition coefficient (Wildman–Crippen LogP) is 0.151. The molecule has 0 aromatic heterocycles. The summed E-state index contributed by atoms with van der Waals surface area (Å²) >= 11 is 0. The van der Waals surface area contributed by atoms with Crippen LogP contribution >= 0.6 is 0 Å². The third kappa shape index (κ3) is 2.27. The third-order valence-corrected chi connectivity index (χ3v) is 4.69. The van der Waals surface area contributed by atoms with E-state index in [0.29, 0.717) is 0 Å². The molecule has 1 unspecified atom stereocenters. The number of carbonyl (C=O) groups excluding carboxylic acids is 2. The molecule has 0 aromatic rings. The van der Waals surface area contributed by atoms with Gasteiger partial charge in [0, 0.05) is 25.2 Å². The molecule has 1 saturated carbocycles. The number of amides is 2. The number of nitrogens with two attached hydrogens (primary N) is 2. The van der Waals surface area contributed by atoms with Crippen molar-refractivity contribution < 1.29 is 18.4 Å². The first kappa shape index (κ1) is 15.4. The van der Waals surface area contributed by atoms with Gasteiger partial charge in [0.1, 0.15) is 5.57 Å². The molecule has 0 spiro atoms. The SMILES string of the molecule is NC(=O)C1=CNN2C1=NC=CC2(C(N)=O)C1CCC(F)(F)CC1. The lowest BCUT2D eigenvalue weighted by atomic mass is 9.72. The van der Waals surface area contributed by atoms with Crippen molar-refractivity contribution in [2.45, 2.75) is 37.1 Å². The van der Waals surface area contributed by atoms with Crippen LogP contribution in [-0.2, 0) is 9.59 Å². The fourth-order valence-electron chi connectivity index (χ4n) is 3.45. The van der Waals surface area contributed by atoms with Crippen LogP contribution in [0.4, 0.5) is 8.78 Å². The Balaban J connectivity index is 1.95. The number of hydrogen-bond donors (Lipinski definition) is 3. The highest BCUT2D eigenvalue weighted by Gasteiger charge is 2.54. The highest BCUT2D eigenvalue weighted by atomic mass is 19.3. The molecule has 23 heavy (non-hydrogen) atoms. The van der Waals surface area contributed by atoms with Crippen LogP contribution in [-0.4, -0.2) is 34.1 Å². The number of halogens is 2. The van der Waals surface area contributed by atoms with E-state index in [2.05, 4.69) is 10.4 Å². The quantitative estimate of drug-likeness (QED) is 0.685. The van der Waals surface area contributed by atoms with Crippen molar-refractivity contribution in [2.75, 3.05) is 0 Å². The number of nitrogens with one attached hydrogen (secondary N) is 1. The fourth-order valence-corrected chi connectivity index (χ4v) is 3.45. The number of nitrogens with zero attached hydrogens (tertiary/aromatic N) is 2. The molecule has 2 amide bonds. The van der Waals surface area contributed by atoms with Gasteiger partial charge in [-0.25, -0.2) is 13.8 Å². The molecule has 1 atom stereocenters. The third-order valence-electron chi connectivity index (χ3n) is 4.69. The summed E-state index contributed by atoms with van der Waals surface area (Å²) in [6.45, 7) is 0. The van der Waals surface area contributed by atoms with E-state index in [-0.39, 0.29) is 37.1 Å². The molecule has 9 heteroatoms. The van der Waals surface area contributed by atoms with E-state index in [1.165, 1.54) is 23.5 Å². The minimum atomic E-state index is -2.72. The number of fused-ring (bicyclic) bond motifs is 1. The van der Waals surface area contributed by atoms with Crippen LogP contribution in [0.2, 0.25) is 0 Å². The summed E-state index contributed by atoms with van der Waals surface area (Å²) in [5.41, 5.74) is 12.4. The maximum absolute atomic E-state index is 13.4. The summed E-state index contributed by atoms with van der Waals surface area (Å²) in [4.78, 5) is 27.8. The Morgan fingerprint density at radius 2 is 1.96 bits per heavy atom. The maximum Gasteiger partial charge on any atom is 0.254 e. The van der Waals surface area contributed by atoms with Gasteiger partial charge >= 0.3 is 0 Å². The van der Waals surface area contributed by atoms with Crippen molar-refractivity contribution in [2.24, 2.45) is 22.4 Å². The Morgan fingerprint density at radius 1 is 1.30 bits per heavy atom. The lowest BCUT2D eigenvalue weighted by Gasteiger charge is -2.46. The Bertz CT molecular complexity index is 648. The molecule has 3 rings (SSSR count). The van der Waals surface area contributed by atoms with Crippen LogP contribution in [0.3, 0.4) is 0 Å². The first-order chi connectivity index (χ1) is 10.8. The van der Waals surface area contributed by atoms with Crippen LogP contribution < -0.4 is 16.9 Å². The van der Waals surface area contributed by atoms with Crippen molar-refractivity contribution in [1.82, 2.24) is 10.4 Å². The van der Waals surface area contributed by atoms with Crippen LogP contribution in [0.1, 0.15) is 25.7 Å². The summed E-state index contributed by atoms with van der Waals surface area (Å²) in [5.74, 6) is -4.36. The van der Waals surface area contributed by atoms with Crippen molar-refractivity contribution in [3.63, 3.8) is 0 Å². The minimum Gasteiger partial charge on any atom is -0.367 e. The van der Waals surface area contributed by atoms with Crippen molar-refractivity contribution >= 4 is 17.6 Å². The van der Waals surface area contributed by atoms with E-state index in [9.17, 15) is 18.4 Å². The number of amidine groups is 1. The maximum atomic E-state index is 13.4. The van der Waals surface area contributed by atoms with Gasteiger partial charge in [-0.15, -0.1) is 0 Å². The smallest absolute Gasteiger partial charge is 0.254 e. The first-order valence-corrected chi connectivity index (χ1v) is 7.28. The van der Waals surface area contributed by atoms with Crippen LogP contribution in [0.15, 0.2) is 29.0 Å². The zero-order valence-corrected chi connectivity index (χ0v) is 12.3. The molecule has 2 aliphatic heterocycles. The van der Waals surface area contributed by atoms with E-state index in [1.54, 1.807) is 0 Å². The van der Waals surface area contributed by atoms with Crippen molar-refractivity contribution in [3.8, 4) is 0 Å². The van der Waals surface area contributed by atoms with Gasteiger partial charge in [-0.3, -0.25) is 14.6 Å². The summed E-state index contributed by atoms with van der Waals surface area (Å²) in [7, 11) is 0. The molecule has 0 bridgehead atoms. The lowest BCUT2D eigenvalue weighted by molar-refractivity contribution is -0.132. The number of carbonyl (C=O) groups is 2. The highest BCUT2D eigenvalue weighted by molar-refractivity contribution is 6.22. The van der Waals surface area contributed by atoms with Gasteiger partial charge in [0.15, 0.2) is 11.4 Å². The molecule has 0 radical (unpaired) electrons. The largest absolute Gasteiger partial charge is 0.367 e. The zero-order chi connectivity index (χ0) is 16.8. The van der Waals surface area contributed by atoms with Gasteiger partial charge in [0.2, 0.25) is 11.8 Å². The van der Waals surface area contributed by atoms with Gasteiger partial charge in [-0.05, 0) is 24.8 Å². The summed E-state index contributed by atoms with van der Waals surface area (Å²) < 4.78 is 26.9. The van der Waals surface area contributed by atoms with Crippen molar-refractivity contribution in [3.05, 3.63) is 24.0 Å². The number of aliphatic imine (C=N–C) groups is 1. The first-order valence-electron chi connectivity index (χ1n) is 7.28. The summed E-state index contributed by atoms with van der Waals surface area (Å²) in [6, 6.07) is 0. The molecule has 0 saturated heterocycles. The molecule has 1 fully saturated rings. The molecule has 2 heterocycles. The number of hydrazine groups is 1. The lowest BCUT2D eigenvalue weighted by Crippen LogP contribution is -2.66. The second kappa shape index (κ2) is 5.04. The van der Waals surface area contributed by atoms with E-state index in [0.717, 1.165) is 0 Å². The molecule has 3 aliphatic rings. The van der Waals surface area contributed by atoms with E-state index in [1.807, 2.05) is 0 Å². The van der Waals surface area contributed by atoms with Gasteiger partial charge in [-0.1, -0.05) is 0 Å². The Hall–Kier alpha value is -2.45. The number of primary amides is 2. The number of rotatable bonds is 3. The fraction of sp³-hybridized carbons (Fsp3) is 0.500. The predicted molar refractivity (Wildman–Crippen MR) is 77.7 cm³/mol. The molecular formula is C14H17F2N5O2.